The summed E-state index contributed by atoms with van der Waals surface area (Å²) in [7, 11) is 0. The molecule has 0 N–H and O–H groups in total. The first kappa shape index (κ1) is 24.2. The summed E-state index contributed by atoms with van der Waals surface area (Å²) in [6.07, 6.45) is 5.46. The molecule has 0 spiro atoms. The SMILES string of the molecule is c1ccc(-c2ccc3c(-c4cccc5ccccc45)c4cc(-c5ccccc5)ccc4c(-c4cncnc4)c3c2)cc1. The zero-order chi connectivity index (χ0) is 27.9. The third-order valence-corrected chi connectivity index (χ3v) is 8.24. The van der Waals surface area contributed by atoms with E-state index >= 15 is 0 Å². The number of benzene rings is 7. The average molecular weight is 535 g/mol. The molecule has 0 aliphatic rings. The lowest BCUT2D eigenvalue weighted by Crippen LogP contribution is -1.94. The van der Waals surface area contributed by atoms with E-state index < -0.39 is 0 Å². The molecule has 196 valence electrons. The van der Waals surface area contributed by atoms with Gasteiger partial charge in [0, 0.05) is 23.5 Å². The smallest absolute Gasteiger partial charge is 0.115 e. The van der Waals surface area contributed by atoms with Crippen LogP contribution in [0.5, 0.6) is 0 Å². The number of aromatic nitrogens is 2. The Bertz CT molecular complexity index is 2220. The Hall–Kier alpha value is -5.60. The first-order chi connectivity index (χ1) is 20.8. The van der Waals surface area contributed by atoms with Crippen LogP contribution in [0.15, 0.2) is 158 Å². The van der Waals surface area contributed by atoms with Gasteiger partial charge in [0.15, 0.2) is 0 Å². The molecule has 0 saturated heterocycles. The minimum Gasteiger partial charge on any atom is -0.244 e. The summed E-state index contributed by atoms with van der Waals surface area (Å²) in [6.45, 7) is 0. The summed E-state index contributed by atoms with van der Waals surface area (Å²) in [5, 5.41) is 7.28. The second kappa shape index (κ2) is 10.1. The molecular formula is C40H26N2. The summed E-state index contributed by atoms with van der Waals surface area (Å²) in [5.74, 6) is 0. The van der Waals surface area contributed by atoms with Crippen molar-refractivity contribution in [2.45, 2.75) is 0 Å². The highest BCUT2D eigenvalue weighted by atomic mass is 14.8. The van der Waals surface area contributed by atoms with Crippen molar-refractivity contribution in [3.8, 4) is 44.5 Å². The van der Waals surface area contributed by atoms with E-state index in [0.717, 1.165) is 11.1 Å². The fourth-order valence-corrected chi connectivity index (χ4v) is 6.32. The van der Waals surface area contributed by atoms with Crippen molar-refractivity contribution in [3.05, 3.63) is 158 Å². The molecule has 0 aliphatic carbocycles. The fourth-order valence-electron chi connectivity index (χ4n) is 6.32. The molecule has 2 nitrogen and oxygen atoms in total. The van der Waals surface area contributed by atoms with Gasteiger partial charge < -0.3 is 0 Å². The normalized spacial score (nSPS) is 11.3. The van der Waals surface area contributed by atoms with Crippen LogP contribution >= 0.6 is 0 Å². The van der Waals surface area contributed by atoms with Crippen LogP contribution in [0.2, 0.25) is 0 Å². The molecule has 7 aromatic carbocycles. The third kappa shape index (κ3) is 4.05. The van der Waals surface area contributed by atoms with E-state index in [0.29, 0.717) is 0 Å². The van der Waals surface area contributed by atoms with Crippen molar-refractivity contribution in [3.63, 3.8) is 0 Å². The van der Waals surface area contributed by atoms with Crippen molar-refractivity contribution >= 4 is 32.3 Å². The number of nitrogens with zero attached hydrogens (tertiary/aromatic N) is 2. The Morgan fingerprint density at radius 3 is 1.55 bits per heavy atom. The van der Waals surface area contributed by atoms with Crippen LogP contribution in [0.25, 0.3) is 76.8 Å². The van der Waals surface area contributed by atoms with Gasteiger partial charge in [-0.3, -0.25) is 0 Å². The second-order valence-corrected chi connectivity index (χ2v) is 10.7. The Labute approximate surface area is 244 Å². The first-order valence-electron chi connectivity index (χ1n) is 14.2. The van der Waals surface area contributed by atoms with E-state index in [1.807, 2.05) is 12.4 Å². The monoisotopic (exact) mass is 534 g/mol. The van der Waals surface area contributed by atoms with Gasteiger partial charge in [-0.05, 0) is 77.8 Å². The van der Waals surface area contributed by atoms with Crippen molar-refractivity contribution < 1.29 is 0 Å². The van der Waals surface area contributed by atoms with E-state index in [2.05, 4.69) is 149 Å². The van der Waals surface area contributed by atoms with Gasteiger partial charge >= 0.3 is 0 Å². The third-order valence-electron chi connectivity index (χ3n) is 8.24. The molecule has 0 bridgehead atoms. The molecule has 1 aromatic heterocycles. The summed E-state index contributed by atoms with van der Waals surface area (Å²) in [6, 6.07) is 50.3. The Morgan fingerprint density at radius 1 is 0.333 bits per heavy atom. The van der Waals surface area contributed by atoms with E-state index in [4.69, 9.17) is 0 Å². The standard InChI is InChI=1S/C40H26N2/c1-3-10-27(11-4-1)30-19-21-36-37(22-30)39(32-24-41-26-42-25-32)35-20-18-31(28-12-5-2-6-13-28)23-38(35)40(36)34-17-9-15-29-14-7-8-16-33(29)34/h1-26H. The molecule has 0 amide bonds. The molecule has 1 heterocycles. The lowest BCUT2D eigenvalue weighted by atomic mass is 9.83. The van der Waals surface area contributed by atoms with E-state index in [1.54, 1.807) is 6.33 Å². The summed E-state index contributed by atoms with van der Waals surface area (Å²) in [4.78, 5) is 8.86. The molecule has 0 aliphatic heterocycles. The predicted octanol–water partition coefficient (Wildman–Crippen LogP) is 10.6. The minimum atomic E-state index is 1.01. The van der Waals surface area contributed by atoms with Gasteiger partial charge in [-0.2, -0.15) is 0 Å². The number of fused-ring (bicyclic) bond motifs is 3. The Kier molecular flexibility index (Phi) is 5.82. The van der Waals surface area contributed by atoms with Crippen molar-refractivity contribution in [2.24, 2.45) is 0 Å². The number of hydrogen-bond acceptors (Lipinski definition) is 2. The number of hydrogen-bond donors (Lipinski definition) is 0. The van der Waals surface area contributed by atoms with E-state index in [9.17, 15) is 0 Å². The maximum absolute atomic E-state index is 4.43. The largest absolute Gasteiger partial charge is 0.244 e. The Balaban J connectivity index is 1.57. The topological polar surface area (TPSA) is 25.8 Å². The van der Waals surface area contributed by atoms with E-state index in [-0.39, 0.29) is 0 Å². The predicted molar refractivity (Wildman–Crippen MR) is 176 cm³/mol. The second-order valence-electron chi connectivity index (χ2n) is 10.7. The van der Waals surface area contributed by atoms with Crippen LogP contribution < -0.4 is 0 Å². The van der Waals surface area contributed by atoms with Gasteiger partial charge in [0.05, 0.1) is 0 Å². The molecule has 0 fully saturated rings. The molecule has 8 rings (SSSR count). The zero-order valence-electron chi connectivity index (χ0n) is 22.9. The van der Waals surface area contributed by atoms with Crippen LogP contribution in [-0.2, 0) is 0 Å². The van der Waals surface area contributed by atoms with Gasteiger partial charge in [0.25, 0.3) is 0 Å². The fraction of sp³-hybridized carbons (Fsp3) is 0. The van der Waals surface area contributed by atoms with Crippen molar-refractivity contribution in [2.75, 3.05) is 0 Å². The van der Waals surface area contributed by atoms with E-state index in [1.165, 1.54) is 65.7 Å². The molecule has 42 heavy (non-hydrogen) atoms. The summed E-state index contributed by atoms with van der Waals surface area (Å²) < 4.78 is 0. The maximum atomic E-state index is 4.43. The highest BCUT2D eigenvalue weighted by Gasteiger charge is 2.20. The van der Waals surface area contributed by atoms with Gasteiger partial charge in [-0.1, -0.05) is 127 Å². The lowest BCUT2D eigenvalue weighted by molar-refractivity contribution is 1.17. The molecule has 0 saturated carbocycles. The highest BCUT2D eigenvalue weighted by Crippen LogP contribution is 2.47. The molecule has 0 atom stereocenters. The summed E-state index contributed by atoms with van der Waals surface area (Å²) in [5.41, 5.74) is 9.42. The highest BCUT2D eigenvalue weighted by molar-refractivity contribution is 6.24. The summed E-state index contributed by atoms with van der Waals surface area (Å²) >= 11 is 0. The Morgan fingerprint density at radius 2 is 0.881 bits per heavy atom. The minimum absolute atomic E-state index is 1.01. The zero-order valence-corrected chi connectivity index (χ0v) is 22.9. The van der Waals surface area contributed by atoms with Crippen LogP contribution in [0.1, 0.15) is 0 Å². The molecule has 0 radical (unpaired) electrons. The molecule has 2 heteroatoms. The first-order valence-corrected chi connectivity index (χ1v) is 14.2. The van der Waals surface area contributed by atoms with Crippen LogP contribution in [0, 0.1) is 0 Å². The van der Waals surface area contributed by atoms with Gasteiger partial charge in [-0.25, -0.2) is 9.97 Å². The lowest BCUT2D eigenvalue weighted by Gasteiger charge is -2.20. The van der Waals surface area contributed by atoms with Crippen molar-refractivity contribution in [1.29, 1.82) is 0 Å². The van der Waals surface area contributed by atoms with Crippen molar-refractivity contribution in [1.82, 2.24) is 9.97 Å². The number of rotatable bonds is 4. The van der Waals surface area contributed by atoms with Crippen LogP contribution in [0.4, 0.5) is 0 Å². The van der Waals surface area contributed by atoms with Crippen LogP contribution in [0.3, 0.4) is 0 Å². The van der Waals surface area contributed by atoms with Gasteiger partial charge in [0.2, 0.25) is 0 Å². The maximum Gasteiger partial charge on any atom is 0.115 e. The van der Waals surface area contributed by atoms with Crippen LogP contribution in [-0.4, -0.2) is 9.97 Å². The quantitative estimate of drug-likeness (QED) is 0.210. The molecular weight excluding hydrogens is 508 g/mol. The molecule has 8 aromatic rings. The molecule has 0 unspecified atom stereocenters. The van der Waals surface area contributed by atoms with Gasteiger partial charge in [-0.15, -0.1) is 0 Å². The van der Waals surface area contributed by atoms with Gasteiger partial charge in [0.1, 0.15) is 6.33 Å². The average Bonchev–Trinajstić information content (AvgIpc) is 3.07.